The van der Waals surface area contributed by atoms with Gasteiger partial charge in [0.25, 0.3) is 0 Å². The van der Waals surface area contributed by atoms with Crippen molar-refractivity contribution >= 4 is 22.6 Å². The number of carbonyl (C=O) groups is 1. The van der Waals surface area contributed by atoms with Crippen molar-refractivity contribution in [1.29, 1.82) is 0 Å². The highest BCUT2D eigenvalue weighted by Crippen LogP contribution is 2.24. The van der Waals surface area contributed by atoms with Crippen LogP contribution in [-0.4, -0.2) is 20.2 Å². The Kier molecular flexibility index (Phi) is 4.70. The summed E-state index contributed by atoms with van der Waals surface area (Å²) in [4.78, 5) is 23.7. The van der Waals surface area contributed by atoms with Gasteiger partial charge >= 0.3 is 11.6 Å². The van der Waals surface area contributed by atoms with Gasteiger partial charge in [0.15, 0.2) is 0 Å². The Labute approximate surface area is 144 Å². The molecule has 0 spiro atoms. The largest absolute Gasteiger partial charge is 0.497 e. The van der Waals surface area contributed by atoms with E-state index in [-0.39, 0.29) is 0 Å². The molecule has 1 heterocycles. The second kappa shape index (κ2) is 7.09. The predicted octanol–water partition coefficient (Wildman–Crippen LogP) is 3.20. The van der Waals surface area contributed by atoms with Crippen molar-refractivity contribution in [2.75, 3.05) is 19.5 Å². The molecule has 25 heavy (non-hydrogen) atoms. The lowest BCUT2D eigenvalue weighted by Crippen LogP contribution is -2.10. The van der Waals surface area contributed by atoms with E-state index < -0.39 is 11.6 Å². The molecule has 3 rings (SSSR count). The summed E-state index contributed by atoms with van der Waals surface area (Å²) >= 11 is 0. The van der Waals surface area contributed by atoms with Gasteiger partial charge in [0.05, 0.1) is 19.8 Å². The number of carbonyl (C=O) groups excluding carboxylic acids is 1. The Bertz CT molecular complexity index is 977. The predicted molar refractivity (Wildman–Crippen MR) is 94.1 cm³/mol. The van der Waals surface area contributed by atoms with E-state index >= 15 is 0 Å². The molecule has 3 aromatic rings. The normalized spacial score (nSPS) is 10.5. The number of ether oxygens (including phenoxy) is 2. The SMILES string of the molecule is COC(=O)c1ccccc1NCc1cc(=O)oc2cc(OC)ccc12. The van der Waals surface area contributed by atoms with Crippen LogP contribution in [0.5, 0.6) is 5.75 Å². The van der Waals surface area contributed by atoms with Gasteiger partial charge in [-0.15, -0.1) is 0 Å². The molecule has 0 saturated carbocycles. The van der Waals surface area contributed by atoms with Crippen LogP contribution in [0.4, 0.5) is 5.69 Å². The van der Waals surface area contributed by atoms with Crippen LogP contribution in [0.1, 0.15) is 15.9 Å². The van der Waals surface area contributed by atoms with Gasteiger partial charge in [0.1, 0.15) is 11.3 Å². The lowest BCUT2D eigenvalue weighted by atomic mass is 10.1. The summed E-state index contributed by atoms with van der Waals surface area (Å²) in [6.45, 7) is 0.350. The number of hydrogen-bond donors (Lipinski definition) is 1. The highest BCUT2D eigenvalue weighted by molar-refractivity contribution is 5.95. The molecule has 0 bridgehead atoms. The van der Waals surface area contributed by atoms with Gasteiger partial charge in [-0.05, 0) is 29.8 Å². The maximum Gasteiger partial charge on any atom is 0.339 e. The molecule has 1 aromatic heterocycles. The summed E-state index contributed by atoms with van der Waals surface area (Å²) in [7, 11) is 2.89. The minimum atomic E-state index is -0.446. The van der Waals surface area contributed by atoms with Crippen LogP contribution >= 0.6 is 0 Å². The first kappa shape index (κ1) is 16.6. The molecule has 0 saturated heterocycles. The van der Waals surface area contributed by atoms with Gasteiger partial charge in [-0.25, -0.2) is 9.59 Å². The van der Waals surface area contributed by atoms with Crippen molar-refractivity contribution < 1.29 is 18.7 Å². The fourth-order valence-electron chi connectivity index (χ4n) is 2.60. The lowest BCUT2D eigenvalue weighted by Gasteiger charge is -2.12. The molecular weight excluding hydrogens is 322 g/mol. The average Bonchev–Trinajstić information content (AvgIpc) is 2.65. The number of hydrogen-bond acceptors (Lipinski definition) is 6. The number of anilines is 1. The van der Waals surface area contributed by atoms with Gasteiger partial charge in [-0.1, -0.05) is 12.1 Å². The van der Waals surface area contributed by atoms with Crippen LogP contribution in [0.3, 0.4) is 0 Å². The first-order valence-electron chi connectivity index (χ1n) is 7.64. The van der Waals surface area contributed by atoms with E-state index in [2.05, 4.69) is 5.32 Å². The van der Waals surface area contributed by atoms with Crippen LogP contribution < -0.4 is 15.7 Å². The number of fused-ring (bicyclic) bond motifs is 1. The molecular formula is C19H17NO5. The molecule has 0 unspecified atom stereocenters. The van der Waals surface area contributed by atoms with Crippen molar-refractivity contribution in [3.63, 3.8) is 0 Å². The molecule has 0 amide bonds. The van der Waals surface area contributed by atoms with E-state index in [9.17, 15) is 9.59 Å². The Morgan fingerprint density at radius 2 is 1.92 bits per heavy atom. The van der Waals surface area contributed by atoms with Crippen LogP contribution in [-0.2, 0) is 11.3 Å². The topological polar surface area (TPSA) is 77.8 Å². The number of benzene rings is 2. The first-order valence-corrected chi connectivity index (χ1v) is 7.64. The molecule has 1 N–H and O–H groups in total. The maximum absolute atomic E-state index is 11.8. The zero-order chi connectivity index (χ0) is 17.8. The smallest absolute Gasteiger partial charge is 0.339 e. The van der Waals surface area contributed by atoms with E-state index in [4.69, 9.17) is 13.9 Å². The monoisotopic (exact) mass is 339 g/mol. The Morgan fingerprint density at radius 3 is 2.68 bits per heavy atom. The van der Waals surface area contributed by atoms with Gasteiger partial charge in [-0.2, -0.15) is 0 Å². The van der Waals surface area contributed by atoms with Crippen LogP contribution in [0.2, 0.25) is 0 Å². The van der Waals surface area contributed by atoms with Gasteiger partial charge in [0.2, 0.25) is 0 Å². The Morgan fingerprint density at radius 1 is 1.12 bits per heavy atom. The molecule has 6 heteroatoms. The zero-order valence-electron chi connectivity index (χ0n) is 13.9. The van der Waals surface area contributed by atoms with E-state index in [1.165, 1.54) is 13.2 Å². The summed E-state index contributed by atoms with van der Waals surface area (Å²) in [6.07, 6.45) is 0. The minimum absolute atomic E-state index is 0.350. The van der Waals surface area contributed by atoms with E-state index in [0.29, 0.717) is 29.1 Å². The van der Waals surface area contributed by atoms with Gasteiger partial charge < -0.3 is 19.2 Å². The highest BCUT2D eigenvalue weighted by Gasteiger charge is 2.12. The van der Waals surface area contributed by atoms with Crippen molar-refractivity contribution in [3.8, 4) is 5.75 Å². The van der Waals surface area contributed by atoms with Gasteiger partial charge in [-0.3, -0.25) is 0 Å². The fraction of sp³-hybridized carbons (Fsp3) is 0.158. The number of esters is 1. The zero-order valence-corrected chi connectivity index (χ0v) is 13.9. The van der Waals surface area contributed by atoms with E-state index in [1.807, 2.05) is 12.1 Å². The summed E-state index contributed by atoms with van der Waals surface area (Å²) in [5.74, 6) is 0.182. The van der Waals surface area contributed by atoms with Crippen LogP contribution in [0.15, 0.2) is 57.7 Å². The average molecular weight is 339 g/mol. The standard InChI is InChI=1S/C19H17NO5/c1-23-13-7-8-14-12(9-18(21)25-17(14)10-13)11-20-16-6-4-3-5-15(16)19(22)24-2/h3-10,20H,11H2,1-2H3. The third-order valence-electron chi connectivity index (χ3n) is 3.84. The third-order valence-corrected chi connectivity index (χ3v) is 3.84. The quantitative estimate of drug-likeness (QED) is 0.568. The van der Waals surface area contributed by atoms with Crippen LogP contribution in [0.25, 0.3) is 11.0 Å². The molecule has 0 aliphatic carbocycles. The van der Waals surface area contributed by atoms with Crippen molar-refractivity contribution in [3.05, 3.63) is 70.1 Å². The summed E-state index contributed by atoms with van der Waals surface area (Å²) < 4.78 is 15.2. The molecule has 0 radical (unpaired) electrons. The van der Waals surface area contributed by atoms with Crippen molar-refractivity contribution in [2.24, 2.45) is 0 Å². The fourth-order valence-corrected chi connectivity index (χ4v) is 2.60. The molecule has 0 aliphatic rings. The highest BCUT2D eigenvalue weighted by atomic mass is 16.5. The maximum atomic E-state index is 11.8. The number of nitrogens with one attached hydrogen (secondary N) is 1. The van der Waals surface area contributed by atoms with Crippen LogP contribution in [0, 0.1) is 0 Å². The van der Waals surface area contributed by atoms with Crippen molar-refractivity contribution in [2.45, 2.75) is 6.54 Å². The third kappa shape index (κ3) is 3.47. The summed E-state index contributed by atoms with van der Waals surface area (Å²) in [5, 5.41) is 3.97. The molecule has 128 valence electrons. The van der Waals surface area contributed by atoms with E-state index in [0.717, 1.165) is 10.9 Å². The van der Waals surface area contributed by atoms with Gasteiger partial charge in [0, 0.05) is 29.8 Å². The second-order valence-electron chi connectivity index (χ2n) is 5.34. The molecule has 6 nitrogen and oxygen atoms in total. The van der Waals surface area contributed by atoms with E-state index in [1.54, 1.807) is 37.4 Å². The molecule has 0 aliphatic heterocycles. The Balaban J connectivity index is 1.94. The van der Waals surface area contributed by atoms with Crippen molar-refractivity contribution in [1.82, 2.24) is 0 Å². The summed E-state index contributed by atoms with van der Waals surface area (Å²) in [5.41, 5.74) is 1.82. The minimum Gasteiger partial charge on any atom is -0.497 e. The molecule has 2 aromatic carbocycles. The lowest BCUT2D eigenvalue weighted by molar-refractivity contribution is 0.0602. The number of para-hydroxylation sites is 1. The Hall–Kier alpha value is -3.28. The second-order valence-corrected chi connectivity index (χ2v) is 5.34. The summed E-state index contributed by atoms with van der Waals surface area (Å²) in [6, 6.07) is 13.8. The number of rotatable bonds is 5. The first-order chi connectivity index (χ1) is 12.1. The molecule has 0 atom stereocenters. The molecule has 0 fully saturated rings. The number of methoxy groups -OCH3 is 2.